The molecule has 1 atom stereocenters. The van der Waals surface area contributed by atoms with Crippen LogP contribution in [0.2, 0.25) is 0 Å². The molecule has 0 saturated heterocycles. The Morgan fingerprint density at radius 3 is 3.00 bits per heavy atom. The highest BCUT2D eigenvalue weighted by atomic mass is 79.9. The van der Waals surface area contributed by atoms with Crippen LogP contribution in [0.4, 0.5) is 0 Å². The van der Waals surface area contributed by atoms with Crippen LogP contribution in [-0.4, -0.2) is 17.6 Å². The van der Waals surface area contributed by atoms with Crippen molar-refractivity contribution in [3.8, 4) is 0 Å². The van der Waals surface area contributed by atoms with E-state index in [0.717, 1.165) is 23.4 Å². The fourth-order valence-electron chi connectivity index (χ4n) is 1.94. The highest BCUT2D eigenvalue weighted by molar-refractivity contribution is 9.10. The first-order valence-corrected chi connectivity index (χ1v) is 6.43. The summed E-state index contributed by atoms with van der Waals surface area (Å²) in [5, 5.41) is 3.56. The van der Waals surface area contributed by atoms with Crippen LogP contribution in [0.3, 0.4) is 0 Å². The highest BCUT2D eigenvalue weighted by Crippen LogP contribution is 2.34. The minimum absolute atomic E-state index is 0.612. The third kappa shape index (κ3) is 3.02. The van der Waals surface area contributed by atoms with Gasteiger partial charge in [-0.25, -0.2) is 0 Å². The Kier molecular flexibility index (Phi) is 3.76. The molecule has 0 spiro atoms. The van der Waals surface area contributed by atoms with Crippen LogP contribution in [0.15, 0.2) is 22.8 Å². The van der Waals surface area contributed by atoms with Gasteiger partial charge in [-0.2, -0.15) is 0 Å². The van der Waals surface area contributed by atoms with E-state index in [9.17, 15) is 0 Å². The van der Waals surface area contributed by atoms with Crippen molar-refractivity contribution >= 4 is 15.9 Å². The molecule has 3 heteroatoms. The minimum Gasteiger partial charge on any atom is -0.314 e. The average molecular weight is 269 g/mol. The van der Waals surface area contributed by atoms with Gasteiger partial charge in [0.25, 0.3) is 0 Å². The lowest BCUT2D eigenvalue weighted by atomic mass is 10.1. The Bertz CT molecular complexity index is 323. The van der Waals surface area contributed by atoms with Gasteiger partial charge in [-0.3, -0.25) is 4.98 Å². The zero-order chi connectivity index (χ0) is 10.7. The lowest BCUT2D eigenvalue weighted by Crippen LogP contribution is -2.33. The fraction of sp³-hybridized carbons (Fsp3) is 0.583. The molecule has 15 heavy (non-hydrogen) atoms. The largest absolute Gasteiger partial charge is 0.314 e. The summed E-state index contributed by atoms with van der Waals surface area (Å²) in [4.78, 5) is 4.42. The van der Waals surface area contributed by atoms with Gasteiger partial charge in [-0.1, -0.05) is 6.92 Å². The third-order valence-corrected chi connectivity index (χ3v) is 3.63. The van der Waals surface area contributed by atoms with E-state index in [0.29, 0.717) is 6.04 Å². The van der Waals surface area contributed by atoms with Gasteiger partial charge in [-0.15, -0.1) is 0 Å². The van der Waals surface area contributed by atoms with Crippen LogP contribution in [0.1, 0.15) is 25.5 Å². The number of hydrogen-bond donors (Lipinski definition) is 1. The third-order valence-electron chi connectivity index (χ3n) is 2.91. The van der Waals surface area contributed by atoms with Gasteiger partial charge in [0.05, 0.1) is 5.69 Å². The van der Waals surface area contributed by atoms with Crippen molar-refractivity contribution in [1.82, 2.24) is 10.3 Å². The molecule has 1 heterocycles. The molecule has 1 aliphatic carbocycles. The number of nitrogens with one attached hydrogen (secondary N) is 1. The molecule has 1 saturated carbocycles. The standard InChI is InChI=1S/C12H17BrN2/c1-2-14-11(9-5-6-9)8-12-10(13)4-3-7-15-12/h3-4,7,9,11,14H,2,5-6,8H2,1H3. The first kappa shape index (κ1) is 11.1. The molecule has 1 fully saturated rings. The van der Waals surface area contributed by atoms with Crippen molar-refractivity contribution in [2.24, 2.45) is 5.92 Å². The maximum Gasteiger partial charge on any atom is 0.0561 e. The first-order chi connectivity index (χ1) is 7.31. The number of halogens is 1. The second-order valence-electron chi connectivity index (χ2n) is 4.14. The van der Waals surface area contributed by atoms with Gasteiger partial charge >= 0.3 is 0 Å². The van der Waals surface area contributed by atoms with Crippen LogP contribution >= 0.6 is 15.9 Å². The van der Waals surface area contributed by atoms with E-state index in [2.05, 4.69) is 39.2 Å². The van der Waals surface area contributed by atoms with Gasteiger partial charge in [0, 0.05) is 23.1 Å². The van der Waals surface area contributed by atoms with Crippen LogP contribution < -0.4 is 5.32 Å². The Labute approximate surface area is 99.6 Å². The predicted octanol–water partition coefficient (Wildman–Crippen LogP) is 2.77. The Morgan fingerprint density at radius 1 is 1.60 bits per heavy atom. The normalized spacial score (nSPS) is 17.7. The maximum absolute atomic E-state index is 4.42. The molecule has 1 aliphatic rings. The van der Waals surface area contributed by atoms with E-state index in [1.54, 1.807) is 0 Å². The van der Waals surface area contributed by atoms with E-state index < -0.39 is 0 Å². The number of likely N-dealkylation sites (N-methyl/N-ethyl adjacent to an activating group) is 1. The number of rotatable bonds is 5. The molecule has 2 nitrogen and oxygen atoms in total. The molecule has 0 amide bonds. The van der Waals surface area contributed by atoms with Gasteiger partial charge in [0.15, 0.2) is 0 Å². The Morgan fingerprint density at radius 2 is 2.40 bits per heavy atom. The summed E-state index contributed by atoms with van der Waals surface area (Å²) in [6.07, 6.45) is 5.67. The van der Waals surface area contributed by atoms with Crippen molar-refractivity contribution in [3.63, 3.8) is 0 Å². The van der Waals surface area contributed by atoms with Crippen LogP contribution in [0.25, 0.3) is 0 Å². The number of aromatic nitrogens is 1. The summed E-state index contributed by atoms with van der Waals surface area (Å²) >= 11 is 3.56. The monoisotopic (exact) mass is 268 g/mol. The zero-order valence-corrected chi connectivity index (χ0v) is 10.6. The molecule has 0 aromatic carbocycles. The first-order valence-electron chi connectivity index (χ1n) is 5.64. The summed E-state index contributed by atoms with van der Waals surface area (Å²) in [5.74, 6) is 0.874. The van der Waals surface area contributed by atoms with Crippen molar-refractivity contribution < 1.29 is 0 Å². The predicted molar refractivity (Wildman–Crippen MR) is 65.8 cm³/mol. The van der Waals surface area contributed by atoms with E-state index >= 15 is 0 Å². The highest BCUT2D eigenvalue weighted by Gasteiger charge is 2.31. The molecule has 0 aliphatic heterocycles. The lowest BCUT2D eigenvalue weighted by molar-refractivity contribution is 0.468. The number of pyridine rings is 1. The summed E-state index contributed by atoms with van der Waals surface area (Å²) in [6.45, 7) is 3.22. The van der Waals surface area contributed by atoms with Crippen molar-refractivity contribution in [1.29, 1.82) is 0 Å². The molecule has 0 bridgehead atoms. The van der Waals surface area contributed by atoms with E-state index in [-0.39, 0.29) is 0 Å². The van der Waals surface area contributed by atoms with Crippen LogP contribution in [-0.2, 0) is 6.42 Å². The molecule has 0 radical (unpaired) electrons. The molecule has 1 N–H and O–H groups in total. The molecule has 1 aromatic rings. The summed E-state index contributed by atoms with van der Waals surface area (Å²) < 4.78 is 1.13. The quantitative estimate of drug-likeness (QED) is 0.889. The van der Waals surface area contributed by atoms with Crippen molar-refractivity contribution in [2.45, 2.75) is 32.2 Å². The van der Waals surface area contributed by atoms with Gasteiger partial charge in [0.2, 0.25) is 0 Å². The molecule has 82 valence electrons. The maximum atomic E-state index is 4.42. The smallest absolute Gasteiger partial charge is 0.0561 e. The summed E-state index contributed by atoms with van der Waals surface area (Å²) in [5.41, 5.74) is 1.18. The van der Waals surface area contributed by atoms with Crippen LogP contribution in [0, 0.1) is 5.92 Å². The van der Waals surface area contributed by atoms with E-state index in [4.69, 9.17) is 0 Å². The molecule has 2 rings (SSSR count). The molecular weight excluding hydrogens is 252 g/mol. The number of hydrogen-bond acceptors (Lipinski definition) is 2. The fourth-order valence-corrected chi connectivity index (χ4v) is 2.36. The van der Waals surface area contributed by atoms with Crippen molar-refractivity contribution in [3.05, 3.63) is 28.5 Å². The van der Waals surface area contributed by atoms with E-state index in [1.807, 2.05) is 12.3 Å². The number of nitrogens with zero attached hydrogens (tertiary/aromatic N) is 1. The molecular formula is C12H17BrN2. The topological polar surface area (TPSA) is 24.9 Å². The molecule has 1 aromatic heterocycles. The second kappa shape index (κ2) is 5.08. The minimum atomic E-state index is 0.612. The Balaban J connectivity index is 2.02. The van der Waals surface area contributed by atoms with Crippen LogP contribution in [0.5, 0.6) is 0 Å². The Hall–Kier alpha value is -0.410. The second-order valence-corrected chi connectivity index (χ2v) is 4.99. The average Bonchev–Trinajstić information content (AvgIpc) is 3.04. The van der Waals surface area contributed by atoms with Gasteiger partial charge < -0.3 is 5.32 Å². The summed E-state index contributed by atoms with van der Waals surface area (Å²) in [7, 11) is 0. The van der Waals surface area contributed by atoms with Gasteiger partial charge in [0.1, 0.15) is 0 Å². The SMILES string of the molecule is CCNC(Cc1ncccc1Br)C1CC1. The van der Waals surface area contributed by atoms with Gasteiger partial charge in [-0.05, 0) is 53.4 Å². The summed E-state index contributed by atoms with van der Waals surface area (Å²) in [6, 6.07) is 4.65. The zero-order valence-electron chi connectivity index (χ0n) is 9.04. The van der Waals surface area contributed by atoms with Crippen molar-refractivity contribution in [2.75, 3.05) is 6.54 Å². The van der Waals surface area contributed by atoms with E-state index in [1.165, 1.54) is 18.5 Å². The lowest BCUT2D eigenvalue weighted by Gasteiger charge is -2.17. The molecule has 1 unspecified atom stereocenters.